The van der Waals surface area contributed by atoms with E-state index in [0.717, 1.165) is 44.6 Å². The number of hydrogen-bond acceptors (Lipinski definition) is 8. The number of aromatic nitrogens is 3. The van der Waals surface area contributed by atoms with Gasteiger partial charge in [0.05, 0.1) is 18.0 Å². The van der Waals surface area contributed by atoms with Gasteiger partial charge in [-0.1, -0.05) is 13.8 Å². The summed E-state index contributed by atoms with van der Waals surface area (Å²) in [4.78, 5) is 28.5. The molecule has 1 atom stereocenters. The van der Waals surface area contributed by atoms with Crippen molar-refractivity contribution in [3.05, 3.63) is 36.0 Å². The van der Waals surface area contributed by atoms with Crippen LogP contribution in [0.4, 0.5) is 23.1 Å². The Kier molecular flexibility index (Phi) is 7.10. The van der Waals surface area contributed by atoms with Crippen LogP contribution in [0.25, 0.3) is 11.0 Å². The highest BCUT2D eigenvalue weighted by Crippen LogP contribution is 2.28. The molecule has 9 heteroatoms. The molecule has 1 aliphatic rings. The summed E-state index contributed by atoms with van der Waals surface area (Å²) >= 11 is 0. The molecule has 0 spiro atoms. The summed E-state index contributed by atoms with van der Waals surface area (Å²) in [5.41, 5.74) is 3.12. The molecule has 4 N–H and O–H groups in total. The molecule has 0 radical (unpaired) electrons. The maximum absolute atomic E-state index is 11.5. The number of anilines is 4. The van der Waals surface area contributed by atoms with Crippen molar-refractivity contribution in [2.24, 2.45) is 5.92 Å². The van der Waals surface area contributed by atoms with E-state index in [0.29, 0.717) is 34.3 Å². The van der Waals surface area contributed by atoms with Gasteiger partial charge in [0.25, 0.3) is 0 Å². The van der Waals surface area contributed by atoms with Crippen LogP contribution in [0.3, 0.4) is 0 Å². The second kappa shape index (κ2) is 10.2. The van der Waals surface area contributed by atoms with Gasteiger partial charge in [0.1, 0.15) is 11.5 Å². The second-order valence-corrected chi connectivity index (χ2v) is 9.10. The summed E-state index contributed by atoms with van der Waals surface area (Å²) in [5, 5.41) is 17.0. The van der Waals surface area contributed by atoms with Crippen molar-refractivity contribution in [2.45, 2.75) is 26.3 Å². The lowest BCUT2D eigenvalue weighted by molar-refractivity contribution is 0.112. The standard InChI is InChI=1S/C24H33N7O2/c1-16(2)12-19(15-33)26-23-21-17(14-32)13-25-22(21)28-24(29-23)27-18-4-6-20(7-5-18)31-10-8-30(3)9-11-31/h4-7,13-14,16,19,33H,8-12,15H2,1-3H3,(H3,25,26,27,28,29). The van der Waals surface area contributed by atoms with Gasteiger partial charge in [-0.05, 0) is 43.7 Å². The summed E-state index contributed by atoms with van der Waals surface area (Å²) in [7, 11) is 2.15. The number of carbonyl (C=O) groups is 1. The number of piperazine rings is 1. The van der Waals surface area contributed by atoms with Gasteiger partial charge in [-0.15, -0.1) is 0 Å². The molecule has 1 saturated heterocycles. The number of aliphatic hydroxyl groups is 1. The van der Waals surface area contributed by atoms with Crippen LogP contribution in [0.15, 0.2) is 30.5 Å². The smallest absolute Gasteiger partial charge is 0.231 e. The molecule has 33 heavy (non-hydrogen) atoms. The monoisotopic (exact) mass is 451 g/mol. The van der Waals surface area contributed by atoms with Crippen molar-refractivity contribution in [2.75, 3.05) is 55.4 Å². The van der Waals surface area contributed by atoms with E-state index in [4.69, 9.17) is 0 Å². The largest absolute Gasteiger partial charge is 0.394 e. The number of benzene rings is 1. The van der Waals surface area contributed by atoms with E-state index in [1.54, 1.807) is 6.20 Å². The first-order valence-corrected chi connectivity index (χ1v) is 11.5. The lowest BCUT2D eigenvalue weighted by Crippen LogP contribution is -2.44. The number of aldehydes is 1. The molecule has 0 aliphatic carbocycles. The van der Waals surface area contributed by atoms with Crippen LogP contribution < -0.4 is 15.5 Å². The first-order valence-electron chi connectivity index (χ1n) is 11.5. The Hall–Kier alpha value is -3.17. The zero-order valence-electron chi connectivity index (χ0n) is 19.5. The molecule has 1 aromatic carbocycles. The van der Waals surface area contributed by atoms with E-state index in [-0.39, 0.29) is 12.6 Å². The number of H-pyrrole nitrogens is 1. The van der Waals surface area contributed by atoms with E-state index < -0.39 is 0 Å². The van der Waals surface area contributed by atoms with Crippen LogP contribution in [0.2, 0.25) is 0 Å². The molecule has 3 heterocycles. The first-order chi connectivity index (χ1) is 16.0. The zero-order valence-corrected chi connectivity index (χ0v) is 19.5. The minimum absolute atomic E-state index is 0.0267. The Bertz CT molecular complexity index is 1070. The molecule has 2 aromatic heterocycles. The Labute approximate surface area is 194 Å². The molecular weight excluding hydrogens is 418 g/mol. The van der Waals surface area contributed by atoms with Crippen molar-refractivity contribution in [1.29, 1.82) is 0 Å². The molecule has 0 amide bonds. The van der Waals surface area contributed by atoms with Crippen LogP contribution in [-0.4, -0.2) is 77.1 Å². The maximum Gasteiger partial charge on any atom is 0.231 e. The highest BCUT2D eigenvalue weighted by molar-refractivity contribution is 6.02. The molecule has 1 unspecified atom stereocenters. The molecule has 176 valence electrons. The lowest BCUT2D eigenvalue weighted by Gasteiger charge is -2.34. The van der Waals surface area contributed by atoms with Crippen LogP contribution in [-0.2, 0) is 0 Å². The average Bonchev–Trinajstić information content (AvgIpc) is 3.23. The van der Waals surface area contributed by atoms with Crippen LogP contribution >= 0.6 is 0 Å². The van der Waals surface area contributed by atoms with Crippen molar-refractivity contribution >= 4 is 40.5 Å². The van der Waals surface area contributed by atoms with Gasteiger partial charge in [0, 0.05) is 49.3 Å². The molecule has 1 aliphatic heterocycles. The van der Waals surface area contributed by atoms with Crippen molar-refractivity contribution in [1.82, 2.24) is 19.9 Å². The zero-order chi connectivity index (χ0) is 23.4. The number of likely N-dealkylation sites (N-methyl/N-ethyl adjacent to an activating group) is 1. The fourth-order valence-electron chi connectivity index (χ4n) is 4.20. The first kappa shape index (κ1) is 23.0. The molecule has 1 fully saturated rings. The van der Waals surface area contributed by atoms with E-state index in [1.807, 2.05) is 12.1 Å². The number of carbonyl (C=O) groups excluding carboxylic acids is 1. The van der Waals surface area contributed by atoms with Gasteiger partial charge in [0.2, 0.25) is 5.95 Å². The third-order valence-corrected chi connectivity index (χ3v) is 6.00. The average molecular weight is 452 g/mol. The number of nitrogens with zero attached hydrogens (tertiary/aromatic N) is 4. The Morgan fingerprint density at radius 1 is 1.15 bits per heavy atom. The van der Waals surface area contributed by atoms with E-state index in [2.05, 4.69) is 68.4 Å². The summed E-state index contributed by atoms with van der Waals surface area (Å²) in [5.74, 6) is 1.35. The number of nitrogens with one attached hydrogen (secondary N) is 3. The lowest BCUT2D eigenvalue weighted by atomic mass is 10.0. The number of rotatable bonds is 9. The third-order valence-electron chi connectivity index (χ3n) is 6.00. The predicted molar refractivity (Wildman–Crippen MR) is 133 cm³/mol. The molecular formula is C24H33N7O2. The number of fused-ring (bicyclic) bond motifs is 1. The van der Waals surface area contributed by atoms with Gasteiger partial charge in [-0.2, -0.15) is 9.97 Å². The van der Waals surface area contributed by atoms with Crippen molar-refractivity contribution in [3.8, 4) is 0 Å². The van der Waals surface area contributed by atoms with Crippen molar-refractivity contribution < 1.29 is 9.90 Å². The maximum atomic E-state index is 11.5. The predicted octanol–water partition coefficient (Wildman–Crippen LogP) is 3.08. The summed E-state index contributed by atoms with van der Waals surface area (Å²) in [6.07, 6.45) is 3.19. The van der Waals surface area contributed by atoms with E-state index in [1.165, 1.54) is 5.69 Å². The van der Waals surface area contributed by atoms with Gasteiger partial charge < -0.3 is 30.5 Å². The minimum Gasteiger partial charge on any atom is -0.394 e. The van der Waals surface area contributed by atoms with Gasteiger partial charge in [0.15, 0.2) is 6.29 Å². The Balaban J connectivity index is 1.57. The number of aromatic amines is 1. The van der Waals surface area contributed by atoms with E-state index >= 15 is 0 Å². The van der Waals surface area contributed by atoms with Gasteiger partial charge in [-0.25, -0.2) is 0 Å². The van der Waals surface area contributed by atoms with Crippen LogP contribution in [0.5, 0.6) is 0 Å². The summed E-state index contributed by atoms with van der Waals surface area (Å²) < 4.78 is 0. The highest BCUT2D eigenvalue weighted by Gasteiger charge is 2.18. The van der Waals surface area contributed by atoms with Crippen LogP contribution in [0.1, 0.15) is 30.6 Å². The third kappa shape index (κ3) is 5.43. The highest BCUT2D eigenvalue weighted by atomic mass is 16.3. The molecule has 4 rings (SSSR count). The van der Waals surface area contributed by atoms with E-state index in [9.17, 15) is 9.90 Å². The number of aliphatic hydroxyl groups excluding tert-OH is 1. The van der Waals surface area contributed by atoms with Gasteiger partial charge in [-0.3, -0.25) is 4.79 Å². The molecule has 9 nitrogen and oxygen atoms in total. The fraction of sp³-hybridized carbons (Fsp3) is 0.458. The topological polar surface area (TPSA) is 109 Å². The fourth-order valence-corrected chi connectivity index (χ4v) is 4.20. The summed E-state index contributed by atoms with van der Waals surface area (Å²) in [6, 6.07) is 8.09. The Morgan fingerprint density at radius 3 is 2.52 bits per heavy atom. The molecule has 3 aromatic rings. The molecule has 0 bridgehead atoms. The second-order valence-electron chi connectivity index (χ2n) is 9.10. The summed E-state index contributed by atoms with van der Waals surface area (Å²) in [6.45, 7) is 8.35. The normalized spacial score (nSPS) is 15.7. The van der Waals surface area contributed by atoms with Crippen molar-refractivity contribution in [3.63, 3.8) is 0 Å². The number of hydrogen-bond donors (Lipinski definition) is 4. The SMILES string of the molecule is CC(C)CC(CO)Nc1nc(Nc2ccc(N3CCN(C)CC3)cc2)nc2[nH]cc(C=O)c12. The minimum atomic E-state index is -0.173. The molecule has 0 saturated carbocycles. The van der Waals surface area contributed by atoms with Crippen LogP contribution in [0, 0.1) is 5.92 Å². The quantitative estimate of drug-likeness (QED) is 0.368. The Morgan fingerprint density at radius 2 is 1.88 bits per heavy atom. The van der Waals surface area contributed by atoms with Gasteiger partial charge >= 0.3 is 0 Å².